The lowest BCUT2D eigenvalue weighted by molar-refractivity contribution is 0.0240. The van der Waals surface area contributed by atoms with E-state index in [0.717, 1.165) is 56.6 Å². The largest absolute Gasteiger partial charge is 0.338 e. The fourth-order valence-corrected chi connectivity index (χ4v) is 4.11. The second-order valence-electron chi connectivity index (χ2n) is 7.41. The molecule has 0 bridgehead atoms. The molecule has 0 unspecified atom stereocenters. The number of anilines is 1. The van der Waals surface area contributed by atoms with Crippen LogP contribution in [0.2, 0.25) is 0 Å². The number of likely N-dealkylation sites (tertiary alicyclic amines) is 1. The van der Waals surface area contributed by atoms with E-state index in [2.05, 4.69) is 24.8 Å². The van der Waals surface area contributed by atoms with E-state index in [1.165, 1.54) is 0 Å². The molecule has 2 aliphatic rings. The Morgan fingerprint density at radius 1 is 1.04 bits per heavy atom. The minimum Gasteiger partial charge on any atom is -0.338 e. The number of rotatable bonds is 3. The van der Waals surface area contributed by atoms with Gasteiger partial charge < -0.3 is 9.80 Å². The minimum atomic E-state index is 0.0729. The zero-order valence-corrected chi connectivity index (χ0v) is 15.9. The quantitative estimate of drug-likeness (QED) is 0.680. The van der Waals surface area contributed by atoms with Gasteiger partial charge in [0.15, 0.2) is 0 Å². The lowest BCUT2D eigenvalue weighted by Crippen LogP contribution is -2.64. The Balaban J connectivity index is 1.20. The number of nitrogens with zero attached hydrogens (tertiary/aromatic N) is 7. The van der Waals surface area contributed by atoms with Crippen LogP contribution in [-0.4, -0.2) is 80.4 Å². The highest BCUT2D eigenvalue weighted by Crippen LogP contribution is 2.22. The molecule has 5 heterocycles. The van der Waals surface area contributed by atoms with Gasteiger partial charge in [-0.1, -0.05) is 6.07 Å². The highest BCUT2D eigenvalue weighted by Gasteiger charge is 2.37. The summed E-state index contributed by atoms with van der Waals surface area (Å²) in [7, 11) is 0. The molecule has 28 heavy (non-hydrogen) atoms. The van der Waals surface area contributed by atoms with Crippen molar-refractivity contribution in [3.05, 3.63) is 54.2 Å². The standard InChI is InChI=1S/C20H23N7O/c1-15-18(27-8-3-2-5-17(27)23-15)19(28)26-13-16(14-26)24-9-11-25(12-10-24)20-21-6-4-7-22-20/h2-8,16H,9-14H2,1H3. The molecule has 0 saturated carbocycles. The lowest BCUT2D eigenvalue weighted by Gasteiger charge is -2.48. The Morgan fingerprint density at radius 2 is 1.79 bits per heavy atom. The van der Waals surface area contributed by atoms with Crippen molar-refractivity contribution in [1.29, 1.82) is 0 Å². The third-order valence-electron chi connectivity index (χ3n) is 5.72. The van der Waals surface area contributed by atoms with E-state index in [1.807, 2.05) is 46.7 Å². The summed E-state index contributed by atoms with van der Waals surface area (Å²) in [6, 6.07) is 8.07. The van der Waals surface area contributed by atoms with E-state index >= 15 is 0 Å². The normalized spacial score (nSPS) is 18.5. The van der Waals surface area contributed by atoms with Gasteiger partial charge in [-0.25, -0.2) is 15.0 Å². The SMILES string of the molecule is Cc1nc2ccccn2c1C(=O)N1CC(N2CCN(c3ncccn3)CC2)C1. The summed E-state index contributed by atoms with van der Waals surface area (Å²) in [5.74, 6) is 0.874. The third kappa shape index (κ3) is 2.90. The number of aryl methyl sites for hydroxylation is 1. The number of carbonyl (C=O) groups is 1. The van der Waals surface area contributed by atoms with Crippen molar-refractivity contribution in [3.63, 3.8) is 0 Å². The predicted octanol–water partition coefficient (Wildman–Crippen LogP) is 1.08. The maximum atomic E-state index is 13.0. The Labute approximate surface area is 163 Å². The molecule has 3 aromatic rings. The summed E-state index contributed by atoms with van der Waals surface area (Å²) in [6.45, 7) is 7.24. The van der Waals surface area contributed by atoms with Gasteiger partial charge in [-0.2, -0.15) is 0 Å². The van der Waals surface area contributed by atoms with Crippen LogP contribution in [0.15, 0.2) is 42.9 Å². The lowest BCUT2D eigenvalue weighted by atomic mass is 10.0. The molecule has 8 nitrogen and oxygen atoms in total. The zero-order chi connectivity index (χ0) is 19.1. The molecule has 2 saturated heterocycles. The molecule has 8 heteroatoms. The molecule has 0 aromatic carbocycles. The van der Waals surface area contributed by atoms with E-state index in [9.17, 15) is 4.79 Å². The number of carbonyl (C=O) groups excluding carboxylic acids is 1. The molecular formula is C20H23N7O. The van der Waals surface area contributed by atoms with Crippen LogP contribution in [0.25, 0.3) is 5.65 Å². The molecule has 0 radical (unpaired) electrons. The fraction of sp³-hybridized carbons (Fsp3) is 0.400. The number of aromatic nitrogens is 4. The van der Waals surface area contributed by atoms with Gasteiger partial charge in [0.05, 0.1) is 5.69 Å². The maximum absolute atomic E-state index is 13.0. The summed E-state index contributed by atoms with van der Waals surface area (Å²) < 4.78 is 1.89. The first kappa shape index (κ1) is 17.1. The summed E-state index contributed by atoms with van der Waals surface area (Å²) in [5, 5.41) is 0. The molecule has 1 amide bonds. The van der Waals surface area contributed by atoms with Crippen LogP contribution in [0.1, 0.15) is 16.2 Å². The Morgan fingerprint density at radius 3 is 2.54 bits per heavy atom. The first-order valence-electron chi connectivity index (χ1n) is 9.69. The van der Waals surface area contributed by atoms with Gasteiger partial charge in [0.1, 0.15) is 11.3 Å². The number of hydrogen-bond acceptors (Lipinski definition) is 6. The van der Waals surface area contributed by atoms with Crippen molar-refractivity contribution in [3.8, 4) is 0 Å². The van der Waals surface area contributed by atoms with Crippen LogP contribution in [0, 0.1) is 6.92 Å². The molecular weight excluding hydrogens is 354 g/mol. The fourth-order valence-electron chi connectivity index (χ4n) is 4.11. The van der Waals surface area contributed by atoms with E-state index in [-0.39, 0.29) is 5.91 Å². The summed E-state index contributed by atoms with van der Waals surface area (Å²) >= 11 is 0. The van der Waals surface area contributed by atoms with Crippen LogP contribution in [0.4, 0.5) is 5.95 Å². The average molecular weight is 377 g/mol. The zero-order valence-electron chi connectivity index (χ0n) is 15.9. The summed E-state index contributed by atoms with van der Waals surface area (Å²) in [5.41, 5.74) is 2.29. The van der Waals surface area contributed by atoms with Gasteiger partial charge in [0.25, 0.3) is 5.91 Å². The predicted molar refractivity (Wildman–Crippen MR) is 105 cm³/mol. The first-order valence-corrected chi connectivity index (χ1v) is 9.69. The molecule has 3 aromatic heterocycles. The van der Waals surface area contributed by atoms with Crippen molar-refractivity contribution in [2.45, 2.75) is 13.0 Å². The van der Waals surface area contributed by atoms with Crippen molar-refractivity contribution in [2.75, 3.05) is 44.2 Å². The third-order valence-corrected chi connectivity index (χ3v) is 5.72. The first-order chi connectivity index (χ1) is 13.7. The van der Waals surface area contributed by atoms with Crippen LogP contribution in [-0.2, 0) is 0 Å². The van der Waals surface area contributed by atoms with Gasteiger partial charge in [-0.05, 0) is 25.1 Å². The number of imidazole rings is 1. The monoisotopic (exact) mass is 377 g/mol. The topological polar surface area (TPSA) is 69.9 Å². The van der Waals surface area contributed by atoms with E-state index in [4.69, 9.17) is 0 Å². The van der Waals surface area contributed by atoms with Crippen LogP contribution >= 0.6 is 0 Å². The molecule has 0 aliphatic carbocycles. The molecule has 2 fully saturated rings. The molecule has 2 aliphatic heterocycles. The average Bonchev–Trinajstić information content (AvgIpc) is 3.03. The smallest absolute Gasteiger partial charge is 0.272 e. The molecule has 0 spiro atoms. The van der Waals surface area contributed by atoms with Crippen molar-refractivity contribution >= 4 is 17.5 Å². The van der Waals surface area contributed by atoms with Crippen molar-refractivity contribution < 1.29 is 4.79 Å². The highest BCUT2D eigenvalue weighted by atomic mass is 16.2. The van der Waals surface area contributed by atoms with Crippen molar-refractivity contribution in [1.82, 2.24) is 29.2 Å². The van der Waals surface area contributed by atoms with Crippen LogP contribution in [0.5, 0.6) is 0 Å². The van der Waals surface area contributed by atoms with Gasteiger partial charge in [-0.15, -0.1) is 0 Å². The Hall–Kier alpha value is -3.00. The summed E-state index contributed by atoms with van der Waals surface area (Å²) in [4.78, 5) is 32.8. The molecule has 144 valence electrons. The number of pyridine rings is 1. The van der Waals surface area contributed by atoms with Crippen LogP contribution in [0.3, 0.4) is 0 Å². The van der Waals surface area contributed by atoms with Crippen molar-refractivity contribution in [2.24, 2.45) is 0 Å². The van der Waals surface area contributed by atoms with Gasteiger partial charge >= 0.3 is 0 Å². The second-order valence-corrected chi connectivity index (χ2v) is 7.41. The van der Waals surface area contributed by atoms with Gasteiger partial charge in [0.2, 0.25) is 5.95 Å². The highest BCUT2D eigenvalue weighted by molar-refractivity contribution is 5.95. The van der Waals surface area contributed by atoms with Gasteiger partial charge in [0, 0.05) is 63.9 Å². The van der Waals surface area contributed by atoms with Gasteiger partial charge in [-0.3, -0.25) is 14.1 Å². The Kier molecular flexibility index (Phi) is 4.20. The molecule has 0 N–H and O–H groups in total. The number of hydrogen-bond donors (Lipinski definition) is 0. The molecule has 5 rings (SSSR count). The molecule has 0 atom stereocenters. The Bertz CT molecular complexity index is 988. The number of amides is 1. The van der Waals surface area contributed by atoms with E-state index in [1.54, 1.807) is 12.4 Å². The summed E-state index contributed by atoms with van der Waals surface area (Å²) in [6.07, 6.45) is 5.48. The number of piperazine rings is 1. The number of fused-ring (bicyclic) bond motifs is 1. The second kappa shape index (κ2) is 6.87. The van der Waals surface area contributed by atoms with E-state index < -0.39 is 0 Å². The minimum absolute atomic E-state index is 0.0729. The maximum Gasteiger partial charge on any atom is 0.272 e. The van der Waals surface area contributed by atoms with Crippen LogP contribution < -0.4 is 4.90 Å². The van der Waals surface area contributed by atoms with E-state index in [0.29, 0.717) is 11.7 Å².